The minimum atomic E-state index is 0. The van der Waals surface area contributed by atoms with E-state index in [2.05, 4.69) is 77.8 Å². The number of rotatable bonds is 8. The summed E-state index contributed by atoms with van der Waals surface area (Å²) in [5, 5.41) is 28.2. The largest absolute Gasteiger partial charge is 1.00 e. The SMILES string of the molecule is CC1CCC(C)C(C)(C)C1.CCO.CO.COC1C(CN2CCCO2)CCCC1C1CC(C(=O)NCCC(C)(C)C)CC(N(C)C)C1.C[O-].[K+]. The number of nitrogens with one attached hydrogen (secondary N) is 1. The summed E-state index contributed by atoms with van der Waals surface area (Å²) < 4.78 is 6.18. The second kappa shape index (κ2) is 28.3. The van der Waals surface area contributed by atoms with Crippen LogP contribution >= 0.6 is 0 Å². The Hall–Kier alpha value is 0.826. The number of hydroxylamine groups is 2. The van der Waals surface area contributed by atoms with E-state index in [1.165, 1.54) is 44.9 Å². The van der Waals surface area contributed by atoms with Gasteiger partial charge in [0.2, 0.25) is 5.91 Å². The van der Waals surface area contributed by atoms with Crippen LogP contribution in [0.15, 0.2) is 0 Å². The van der Waals surface area contributed by atoms with E-state index in [9.17, 15) is 4.79 Å². The number of ether oxygens (including phenoxy) is 1. The quantitative estimate of drug-likeness (QED) is 0.326. The van der Waals surface area contributed by atoms with Gasteiger partial charge in [-0.25, -0.2) is 0 Å². The molecule has 0 bridgehead atoms. The number of aliphatic hydroxyl groups is 2. The van der Waals surface area contributed by atoms with E-state index in [1.54, 1.807) is 6.92 Å². The van der Waals surface area contributed by atoms with Crippen molar-refractivity contribution < 1.29 is 81.1 Å². The first-order chi connectivity index (χ1) is 23.1. The standard InChI is InChI=1S/C26H49N3O3.C10H20.C2H6O.CH4O.CH3O.K/c1-26(2,3)11-12-27-25(30)21-15-20(16-22(17-21)28(4)5)23-10-7-9-19(24(23)31-6)18-29-13-8-14-32-29;1-8-5-6-9(2)10(3,4)7-8;1-2-3;2*1-2;/h19-24H,7-18H2,1-6H3,(H,27,30);8-9H,5-7H2,1-4H3;3H,2H2,1H3;2H,1H3;1H3;/q;;;;-1;+1. The van der Waals surface area contributed by atoms with Crippen molar-refractivity contribution in [3.05, 3.63) is 0 Å². The van der Waals surface area contributed by atoms with Gasteiger partial charge in [0.15, 0.2) is 0 Å². The molecular formula is C40H82KN3O6. The van der Waals surface area contributed by atoms with E-state index in [4.69, 9.17) is 24.9 Å². The zero-order valence-electron chi connectivity index (χ0n) is 35.4. The fourth-order valence-corrected chi connectivity index (χ4v) is 8.41. The number of nitrogens with zero attached hydrogens (tertiary/aromatic N) is 2. The molecule has 4 rings (SSSR count). The molecule has 1 saturated heterocycles. The molecular weight excluding hydrogens is 658 g/mol. The molecule has 294 valence electrons. The average molecular weight is 740 g/mol. The average Bonchev–Trinajstić information content (AvgIpc) is 3.57. The van der Waals surface area contributed by atoms with Crippen LogP contribution in [0.3, 0.4) is 0 Å². The number of carbonyl (C=O) groups excluding carboxylic acids is 1. The topological polar surface area (TPSA) is 118 Å². The number of methoxy groups -OCH3 is 1. The summed E-state index contributed by atoms with van der Waals surface area (Å²) in [4.78, 5) is 21.3. The maximum absolute atomic E-state index is 13.1. The van der Waals surface area contributed by atoms with Gasteiger partial charge in [0.1, 0.15) is 0 Å². The fraction of sp³-hybridized carbons (Fsp3) is 0.975. The second-order valence-corrected chi connectivity index (χ2v) is 17.1. The zero-order valence-corrected chi connectivity index (χ0v) is 38.5. The van der Waals surface area contributed by atoms with Gasteiger partial charge in [-0.1, -0.05) is 61.3 Å². The summed E-state index contributed by atoms with van der Waals surface area (Å²) in [7, 11) is 7.98. The van der Waals surface area contributed by atoms with Crippen molar-refractivity contribution in [1.82, 2.24) is 15.3 Å². The van der Waals surface area contributed by atoms with E-state index in [0.29, 0.717) is 29.2 Å². The van der Waals surface area contributed by atoms with E-state index < -0.39 is 0 Å². The van der Waals surface area contributed by atoms with Gasteiger partial charge < -0.3 is 30.3 Å². The Kier molecular flexibility index (Phi) is 29.9. The molecule has 1 amide bonds. The minimum Gasteiger partial charge on any atom is -0.857 e. The molecule has 9 nitrogen and oxygen atoms in total. The van der Waals surface area contributed by atoms with Gasteiger partial charge in [0.05, 0.1) is 12.7 Å². The smallest absolute Gasteiger partial charge is 0.857 e. The van der Waals surface area contributed by atoms with Crippen molar-refractivity contribution in [1.29, 1.82) is 0 Å². The Morgan fingerprint density at radius 3 is 2.14 bits per heavy atom. The summed E-state index contributed by atoms with van der Waals surface area (Å²) >= 11 is 0. The molecule has 1 aliphatic heterocycles. The molecule has 3 saturated carbocycles. The summed E-state index contributed by atoms with van der Waals surface area (Å²) in [6.45, 7) is 21.9. The van der Waals surface area contributed by atoms with Crippen molar-refractivity contribution >= 4 is 5.91 Å². The summed E-state index contributed by atoms with van der Waals surface area (Å²) in [6, 6.07) is 0.465. The molecule has 8 atom stereocenters. The third kappa shape index (κ3) is 19.9. The second-order valence-electron chi connectivity index (χ2n) is 17.1. The zero-order chi connectivity index (χ0) is 37.8. The fourth-order valence-electron chi connectivity index (χ4n) is 8.41. The Labute approximate surface area is 352 Å². The van der Waals surface area contributed by atoms with Crippen molar-refractivity contribution in [2.75, 3.05) is 68.3 Å². The molecule has 0 spiro atoms. The van der Waals surface area contributed by atoms with Gasteiger partial charge in [-0.05, 0) is 113 Å². The number of hydrogen-bond donors (Lipinski definition) is 3. The third-order valence-electron chi connectivity index (χ3n) is 11.4. The maximum atomic E-state index is 13.1. The van der Waals surface area contributed by atoms with Crippen LogP contribution in [0.5, 0.6) is 0 Å². The van der Waals surface area contributed by atoms with E-state index >= 15 is 0 Å². The van der Waals surface area contributed by atoms with Crippen molar-refractivity contribution in [2.24, 2.45) is 46.3 Å². The third-order valence-corrected chi connectivity index (χ3v) is 11.4. The summed E-state index contributed by atoms with van der Waals surface area (Å²) in [6.07, 6.45) is 13.6. The van der Waals surface area contributed by atoms with Crippen LogP contribution in [-0.4, -0.2) is 107 Å². The van der Waals surface area contributed by atoms with Crippen LogP contribution in [0.1, 0.15) is 126 Å². The van der Waals surface area contributed by atoms with Gasteiger partial charge >= 0.3 is 51.4 Å². The van der Waals surface area contributed by atoms with Crippen molar-refractivity contribution in [3.63, 3.8) is 0 Å². The van der Waals surface area contributed by atoms with Gasteiger partial charge in [0, 0.05) is 58.3 Å². The molecule has 8 unspecified atom stereocenters. The molecule has 3 N–H and O–H groups in total. The maximum Gasteiger partial charge on any atom is 1.00 e. The molecule has 0 aromatic carbocycles. The van der Waals surface area contributed by atoms with Crippen LogP contribution in [0.2, 0.25) is 0 Å². The van der Waals surface area contributed by atoms with Crippen LogP contribution in [0.25, 0.3) is 0 Å². The van der Waals surface area contributed by atoms with Crippen molar-refractivity contribution in [2.45, 2.75) is 138 Å². The predicted molar refractivity (Wildman–Crippen MR) is 202 cm³/mol. The van der Waals surface area contributed by atoms with E-state index in [-0.39, 0.29) is 81.3 Å². The number of carbonyl (C=O) groups is 1. The number of hydrogen-bond acceptors (Lipinski definition) is 8. The Morgan fingerprint density at radius 1 is 1.04 bits per heavy atom. The van der Waals surface area contributed by atoms with Gasteiger partial charge in [-0.3, -0.25) is 9.63 Å². The van der Waals surface area contributed by atoms with Gasteiger partial charge in [-0.15, -0.1) is 0 Å². The van der Waals surface area contributed by atoms with Crippen molar-refractivity contribution in [3.8, 4) is 0 Å². The van der Waals surface area contributed by atoms with Gasteiger partial charge in [0.25, 0.3) is 0 Å². The molecule has 4 fully saturated rings. The Morgan fingerprint density at radius 2 is 1.66 bits per heavy atom. The number of aliphatic hydroxyl groups excluding tert-OH is 2. The summed E-state index contributed by atoms with van der Waals surface area (Å²) in [5.74, 6) is 3.87. The molecule has 0 radical (unpaired) electrons. The molecule has 3 aliphatic carbocycles. The Bertz CT molecular complexity index is 836. The van der Waals surface area contributed by atoms with E-state index in [0.717, 1.165) is 78.0 Å². The van der Waals surface area contributed by atoms with Crippen LogP contribution < -0.4 is 61.8 Å². The molecule has 0 aromatic heterocycles. The predicted octanol–water partition coefficient (Wildman–Crippen LogP) is 3.01. The summed E-state index contributed by atoms with van der Waals surface area (Å²) in [5.41, 5.74) is 0.855. The molecule has 0 aromatic rings. The first-order valence-electron chi connectivity index (χ1n) is 19.4. The van der Waals surface area contributed by atoms with Crippen LogP contribution in [0, 0.1) is 46.3 Å². The first-order valence-corrected chi connectivity index (χ1v) is 19.4. The molecule has 4 aliphatic rings. The van der Waals surface area contributed by atoms with Crippen LogP contribution in [0.4, 0.5) is 0 Å². The monoisotopic (exact) mass is 740 g/mol. The molecule has 10 heteroatoms. The minimum absolute atomic E-state index is 0. The number of amides is 1. The molecule has 50 heavy (non-hydrogen) atoms. The Balaban J connectivity index is 0. The molecule has 1 heterocycles. The van der Waals surface area contributed by atoms with Crippen LogP contribution in [-0.2, 0) is 14.4 Å². The van der Waals surface area contributed by atoms with E-state index in [1.807, 2.05) is 7.11 Å². The van der Waals surface area contributed by atoms with Gasteiger partial charge in [-0.2, -0.15) is 12.2 Å². The normalized spacial score (nSPS) is 30.7. The first kappa shape index (κ1) is 52.9.